The molecule has 0 fully saturated rings. The lowest BCUT2D eigenvalue weighted by molar-refractivity contribution is 0.444. The van der Waals surface area contributed by atoms with Gasteiger partial charge in [-0.15, -0.1) is 0 Å². The van der Waals surface area contributed by atoms with E-state index in [9.17, 15) is 0 Å². The normalized spacial score (nSPS) is 10.7. The Balaban J connectivity index is 2.60. The summed E-state index contributed by atoms with van der Waals surface area (Å²) in [6.45, 7) is 8.94. The molecular weight excluding hydrogens is 181 g/mol. The Labute approximate surface area is 94.8 Å². The minimum atomic E-state index is 1.15. The fourth-order valence-corrected chi connectivity index (χ4v) is 1.74. The molecule has 0 aliphatic rings. The van der Waals surface area contributed by atoms with Gasteiger partial charge in [-0.25, -0.2) is 0 Å². The fraction of sp³-hybridized carbons (Fsp3) is 0.538. The molecule has 0 aromatic heterocycles. The Bertz CT molecular complexity index is 280. The van der Waals surface area contributed by atoms with Crippen molar-refractivity contribution in [2.24, 2.45) is 0 Å². The van der Waals surface area contributed by atoms with Crippen LogP contribution in [0.15, 0.2) is 24.3 Å². The van der Waals surface area contributed by atoms with E-state index in [2.05, 4.69) is 57.3 Å². The molecule has 81 valence electrons. The minimum Gasteiger partial charge on any atom is -0.342 e. The smallest absolute Gasteiger partial charge is 0.247 e. The van der Waals surface area contributed by atoms with E-state index in [1.54, 1.807) is 0 Å². The van der Waals surface area contributed by atoms with E-state index in [1.165, 1.54) is 23.9 Å². The maximum absolute atomic E-state index is 2.42. The van der Waals surface area contributed by atoms with Crippen molar-refractivity contribution < 1.29 is 0 Å². The van der Waals surface area contributed by atoms with Crippen molar-refractivity contribution in [3.63, 3.8) is 0 Å². The Hall–Kier alpha value is -0.755. The maximum Gasteiger partial charge on any atom is 0.247 e. The average molecular weight is 202 g/mol. The average Bonchev–Trinajstić information content (AvgIpc) is 2.22. The molecule has 0 aliphatic heterocycles. The zero-order valence-electron chi connectivity index (χ0n) is 10.2. The maximum atomic E-state index is 2.42. The lowest BCUT2D eigenvalue weighted by Crippen LogP contribution is -2.38. The second kappa shape index (κ2) is 6.68. The second-order valence-electron chi connectivity index (χ2n) is 4.02. The van der Waals surface area contributed by atoms with Crippen LogP contribution in [0.2, 0.25) is 0 Å². The predicted octanol–water partition coefficient (Wildman–Crippen LogP) is 2.36. The van der Waals surface area contributed by atoms with Crippen LogP contribution in [-0.2, 0) is 0 Å². The fourth-order valence-electron chi connectivity index (χ4n) is 1.74. The standard InChI is InChI=1S/C13H21BN/c1-4-10-15(11-5-2)14-13-9-7-6-8-12(13)3/h6-9H,4-5,10-11H2,1-3H3. The van der Waals surface area contributed by atoms with Gasteiger partial charge in [-0.1, -0.05) is 49.1 Å². The Kier molecular flexibility index (Phi) is 5.48. The van der Waals surface area contributed by atoms with Crippen LogP contribution in [0.3, 0.4) is 0 Å². The quantitative estimate of drug-likeness (QED) is 0.640. The number of rotatable bonds is 6. The lowest BCUT2D eigenvalue weighted by atomic mass is 9.77. The summed E-state index contributed by atoms with van der Waals surface area (Å²) in [4.78, 5) is 2.42. The van der Waals surface area contributed by atoms with E-state index < -0.39 is 0 Å². The highest BCUT2D eigenvalue weighted by Gasteiger charge is 2.07. The van der Waals surface area contributed by atoms with E-state index in [4.69, 9.17) is 0 Å². The van der Waals surface area contributed by atoms with Gasteiger partial charge in [0, 0.05) is 0 Å². The number of nitrogens with zero attached hydrogens (tertiary/aromatic N) is 1. The highest BCUT2D eigenvalue weighted by Crippen LogP contribution is 1.96. The van der Waals surface area contributed by atoms with Crippen LogP contribution in [0.5, 0.6) is 0 Å². The van der Waals surface area contributed by atoms with Crippen molar-refractivity contribution >= 4 is 12.9 Å². The summed E-state index contributed by atoms with van der Waals surface area (Å²) < 4.78 is 0. The molecule has 2 heteroatoms. The number of benzene rings is 1. The molecule has 15 heavy (non-hydrogen) atoms. The van der Waals surface area contributed by atoms with Crippen molar-refractivity contribution in [1.82, 2.24) is 4.81 Å². The van der Waals surface area contributed by atoms with E-state index in [1.807, 2.05) is 0 Å². The minimum absolute atomic E-state index is 1.15. The van der Waals surface area contributed by atoms with Crippen molar-refractivity contribution in [1.29, 1.82) is 0 Å². The molecular formula is C13H21BN. The molecule has 0 saturated heterocycles. The van der Waals surface area contributed by atoms with Gasteiger partial charge in [0.05, 0.1) is 0 Å². The highest BCUT2D eigenvalue weighted by atomic mass is 15.0. The molecule has 0 unspecified atom stereocenters. The first-order chi connectivity index (χ1) is 7.27. The van der Waals surface area contributed by atoms with Crippen LogP contribution in [0.4, 0.5) is 0 Å². The van der Waals surface area contributed by atoms with Gasteiger partial charge < -0.3 is 4.81 Å². The van der Waals surface area contributed by atoms with E-state index in [-0.39, 0.29) is 0 Å². The Morgan fingerprint density at radius 2 is 1.67 bits per heavy atom. The number of hydrogen-bond acceptors (Lipinski definition) is 1. The molecule has 1 nitrogen and oxygen atoms in total. The van der Waals surface area contributed by atoms with Crippen LogP contribution < -0.4 is 5.46 Å². The van der Waals surface area contributed by atoms with Gasteiger partial charge >= 0.3 is 0 Å². The summed E-state index contributed by atoms with van der Waals surface area (Å²) in [5.41, 5.74) is 2.70. The Morgan fingerprint density at radius 1 is 1.07 bits per heavy atom. The van der Waals surface area contributed by atoms with Crippen LogP contribution in [0.25, 0.3) is 0 Å². The number of aryl methyl sites for hydroxylation is 1. The molecule has 1 rings (SSSR count). The van der Waals surface area contributed by atoms with Gasteiger partial charge in [-0.3, -0.25) is 0 Å². The molecule has 0 aliphatic carbocycles. The second-order valence-corrected chi connectivity index (χ2v) is 4.02. The van der Waals surface area contributed by atoms with Gasteiger partial charge in [0.15, 0.2) is 0 Å². The zero-order chi connectivity index (χ0) is 11.1. The molecule has 0 heterocycles. The molecule has 0 amide bonds. The van der Waals surface area contributed by atoms with Gasteiger partial charge in [0.2, 0.25) is 7.41 Å². The molecule has 1 aromatic carbocycles. The molecule has 0 N–H and O–H groups in total. The molecule has 1 radical (unpaired) electrons. The summed E-state index contributed by atoms with van der Waals surface area (Å²) in [5.74, 6) is 0. The highest BCUT2D eigenvalue weighted by molar-refractivity contribution is 6.51. The van der Waals surface area contributed by atoms with Crippen molar-refractivity contribution in [2.45, 2.75) is 33.6 Å². The van der Waals surface area contributed by atoms with Crippen molar-refractivity contribution in [2.75, 3.05) is 13.1 Å². The predicted molar refractivity (Wildman–Crippen MR) is 68.7 cm³/mol. The summed E-state index contributed by atoms with van der Waals surface area (Å²) in [6.07, 6.45) is 2.42. The van der Waals surface area contributed by atoms with E-state index in [0.29, 0.717) is 0 Å². The third kappa shape index (κ3) is 4.09. The summed E-state index contributed by atoms with van der Waals surface area (Å²) in [7, 11) is 2.29. The molecule has 0 saturated carbocycles. The van der Waals surface area contributed by atoms with Gasteiger partial charge in [0.1, 0.15) is 0 Å². The van der Waals surface area contributed by atoms with Crippen LogP contribution in [0.1, 0.15) is 32.3 Å². The van der Waals surface area contributed by atoms with Crippen LogP contribution in [0, 0.1) is 6.92 Å². The van der Waals surface area contributed by atoms with Crippen molar-refractivity contribution in [3.05, 3.63) is 29.8 Å². The third-order valence-electron chi connectivity index (χ3n) is 2.53. The first-order valence-electron chi connectivity index (χ1n) is 5.92. The molecule has 1 aromatic rings. The SMILES string of the molecule is CCCN([B]c1ccccc1C)CCC. The Morgan fingerprint density at radius 3 is 2.20 bits per heavy atom. The van der Waals surface area contributed by atoms with E-state index in [0.717, 1.165) is 13.1 Å². The zero-order valence-corrected chi connectivity index (χ0v) is 10.2. The van der Waals surface area contributed by atoms with E-state index >= 15 is 0 Å². The van der Waals surface area contributed by atoms with Gasteiger partial charge in [-0.2, -0.15) is 0 Å². The topological polar surface area (TPSA) is 3.24 Å². The summed E-state index contributed by atoms with van der Waals surface area (Å²) in [5, 5.41) is 0. The van der Waals surface area contributed by atoms with Crippen LogP contribution >= 0.6 is 0 Å². The first-order valence-corrected chi connectivity index (χ1v) is 5.92. The van der Waals surface area contributed by atoms with Gasteiger partial charge in [0.25, 0.3) is 0 Å². The monoisotopic (exact) mass is 202 g/mol. The summed E-state index contributed by atoms with van der Waals surface area (Å²) >= 11 is 0. The summed E-state index contributed by atoms with van der Waals surface area (Å²) in [6, 6.07) is 8.56. The molecule has 0 spiro atoms. The first kappa shape index (κ1) is 12.3. The molecule has 0 bridgehead atoms. The van der Waals surface area contributed by atoms with Gasteiger partial charge in [-0.05, 0) is 32.9 Å². The lowest BCUT2D eigenvalue weighted by Gasteiger charge is -2.20. The van der Waals surface area contributed by atoms with Crippen molar-refractivity contribution in [3.8, 4) is 0 Å². The van der Waals surface area contributed by atoms with Crippen LogP contribution in [-0.4, -0.2) is 25.3 Å². The number of hydrogen-bond donors (Lipinski definition) is 0. The largest absolute Gasteiger partial charge is 0.342 e. The molecule has 0 atom stereocenters. The third-order valence-corrected chi connectivity index (χ3v) is 2.53.